The summed E-state index contributed by atoms with van der Waals surface area (Å²) in [5, 5.41) is 5.96. The van der Waals surface area contributed by atoms with Crippen LogP contribution in [0.15, 0.2) is 32.1 Å². The molecule has 0 aliphatic rings. The van der Waals surface area contributed by atoms with Crippen LogP contribution in [0.25, 0.3) is 9.69 Å². The topological polar surface area (TPSA) is 8.72 Å². The van der Waals surface area contributed by atoms with Crippen molar-refractivity contribution in [1.29, 1.82) is 0 Å². The third kappa shape index (κ3) is 5.14. The summed E-state index contributed by atoms with van der Waals surface area (Å²) in [6.07, 6.45) is 0. The molecule has 0 spiro atoms. The summed E-state index contributed by atoms with van der Waals surface area (Å²) in [7, 11) is 0. The molecule has 0 fully saturated rings. The highest BCUT2D eigenvalue weighted by molar-refractivity contribution is 9.11. The Bertz CT molecular complexity index is 517. The third-order valence-corrected chi connectivity index (χ3v) is 4.33. The maximum atomic E-state index is 6.58. The van der Waals surface area contributed by atoms with E-state index in [-0.39, 0.29) is 0 Å². The van der Waals surface area contributed by atoms with E-state index < -0.39 is 0 Å². The van der Waals surface area contributed by atoms with Crippen molar-refractivity contribution in [3.63, 3.8) is 0 Å². The van der Waals surface area contributed by atoms with Gasteiger partial charge in [0.25, 0.3) is 0 Å². The SMILES string of the molecule is [C-]#[N+]Cc1ccsc1.[C-]#[N+]Cc1ccsc1Br. The van der Waals surface area contributed by atoms with E-state index in [0.717, 1.165) is 14.9 Å². The van der Waals surface area contributed by atoms with Crippen molar-refractivity contribution in [2.75, 3.05) is 0 Å². The van der Waals surface area contributed by atoms with Crippen LogP contribution in [-0.4, -0.2) is 0 Å². The molecule has 2 rings (SSSR count). The minimum atomic E-state index is 0.490. The fourth-order valence-corrected chi connectivity index (χ4v) is 2.87. The minimum Gasteiger partial charge on any atom is -0.312 e. The van der Waals surface area contributed by atoms with E-state index in [1.54, 1.807) is 22.7 Å². The van der Waals surface area contributed by atoms with E-state index in [1.807, 2.05) is 28.3 Å². The van der Waals surface area contributed by atoms with Crippen LogP contribution in [0, 0.1) is 13.1 Å². The summed E-state index contributed by atoms with van der Waals surface area (Å²) < 4.78 is 1.08. The number of rotatable bonds is 2. The monoisotopic (exact) mass is 324 g/mol. The Balaban J connectivity index is 0.000000171. The van der Waals surface area contributed by atoms with E-state index in [0.29, 0.717) is 13.1 Å². The Labute approximate surface area is 117 Å². The molecule has 0 aliphatic heterocycles. The molecule has 2 aromatic rings. The molecule has 0 aromatic carbocycles. The normalized spacial score (nSPS) is 8.65. The Morgan fingerprint density at radius 2 is 1.88 bits per heavy atom. The minimum absolute atomic E-state index is 0.490. The summed E-state index contributed by atoms with van der Waals surface area (Å²) in [6.45, 7) is 14.1. The zero-order valence-electron chi connectivity index (χ0n) is 8.89. The largest absolute Gasteiger partial charge is 0.312 e. The van der Waals surface area contributed by atoms with Crippen LogP contribution >= 0.6 is 38.6 Å². The van der Waals surface area contributed by atoms with E-state index in [9.17, 15) is 0 Å². The van der Waals surface area contributed by atoms with Gasteiger partial charge < -0.3 is 9.69 Å². The molecule has 0 N–H and O–H groups in total. The maximum absolute atomic E-state index is 6.58. The maximum Gasteiger partial charge on any atom is 0.241 e. The molecule has 0 radical (unpaired) electrons. The van der Waals surface area contributed by atoms with E-state index in [2.05, 4.69) is 25.6 Å². The second kappa shape index (κ2) is 8.03. The predicted molar refractivity (Wildman–Crippen MR) is 77.0 cm³/mol. The Kier molecular flexibility index (Phi) is 6.57. The van der Waals surface area contributed by atoms with Crippen molar-refractivity contribution in [3.05, 3.63) is 66.0 Å². The lowest BCUT2D eigenvalue weighted by Gasteiger charge is -1.81. The first-order valence-electron chi connectivity index (χ1n) is 4.67. The molecule has 0 aliphatic carbocycles. The molecule has 17 heavy (non-hydrogen) atoms. The first-order valence-corrected chi connectivity index (χ1v) is 7.29. The van der Waals surface area contributed by atoms with Crippen molar-refractivity contribution >= 4 is 38.6 Å². The quantitative estimate of drug-likeness (QED) is 0.680. The highest BCUT2D eigenvalue weighted by Gasteiger charge is 2.00. The average Bonchev–Trinajstić information content (AvgIpc) is 2.94. The second-order valence-electron chi connectivity index (χ2n) is 2.98. The van der Waals surface area contributed by atoms with Crippen molar-refractivity contribution in [1.82, 2.24) is 0 Å². The molecule has 86 valence electrons. The van der Waals surface area contributed by atoms with Crippen LogP contribution in [0.5, 0.6) is 0 Å². The van der Waals surface area contributed by atoms with Crippen LogP contribution in [0.3, 0.4) is 0 Å². The number of nitrogens with zero attached hydrogens (tertiary/aromatic N) is 2. The number of thiophene rings is 2. The first-order chi connectivity index (χ1) is 8.27. The Morgan fingerprint density at radius 1 is 1.12 bits per heavy atom. The van der Waals surface area contributed by atoms with Gasteiger partial charge in [-0.05, 0) is 38.8 Å². The molecule has 0 saturated carbocycles. The van der Waals surface area contributed by atoms with Gasteiger partial charge in [-0.1, -0.05) is 0 Å². The molecule has 2 heterocycles. The van der Waals surface area contributed by atoms with Gasteiger partial charge in [0.15, 0.2) is 0 Å². The predicted octanol–water partition coefficient (Wildman–Crippen LogP) is 5.10. The van der Waals surface area contributed by atoms with E-state index in [1.165, 1.54) is 0 Å². The van der Waals surface area contributed by atoms with Crippen molar-refractivity contribution in [2.45, 2.75) is 13.1 Å². The van der Waals surface area contributed by atoms with Crippen molar-refractivity contribution < 1.29 is 0 Å². The highest BCUT2D eigenvalue weighted by atomic mass is 79.9. The fraction of sp³-hybridized carbons (Fsp3) is 0.167. The van der Waals surface area contributed by atoms with Gasteiger partial charge in [0.05, 0.1) is 9.35 Å². The van der Waals surface area contributed by atoms with Gasteiger partial charge in [-0.3, -0.25) is 0 Å². The summed E-state index contributed by atoms with van der Waals surface area (Å²) in [5.74, 6) is 0. The molecule has 5 heteroatoms. The van der Waals surface area contributed by atoms with Gasteiger partial charge in [-0.2, -0.15) is 11.3 Å². The summed E-state index contributed by atoms with van der Waals surface area (Å²) in [6, 6.07) is 3.94. The van der Waals surface area contributed by atoms with Gasteiger partial charge in [0.1, 0.15) is 0 Å². The Morgan fingerprint density at radius 3 is 2.35 bits per heavy atom. The molecule has 0 saturated heterocycles. The number of halogens is 1. The summed E-state index contributed by atoms with van der Waals surface area (Å²) in [4.78, 5) is 6.50. The van der Waals surface area contributed by atoms with Gasteiger partial charge in [0.2, 0.25) is 13.1 Å². The summed E-state index contributed by atoms with van der Waals surface area (Å²) in [5.41, 5.74) is 2.22. The van der Waals surface area contributed by atoms with Crippen LogP contribution in [0.1, 0.15) is 11.1 Å². The molecular weight excluding hydrogens is 316 g/mol. The highest BCUT2D eigenvalue weighted by Crippen LogP contribution is 2.23. The van der Waals surface area contributed by atoms with Gasteiger partial charge >= 0.3 is 0 Å². The summed E-state index contributed by atoms with van der Waals surface area (Å²) >= 11 is 6.60. The molecular formula is C12H9BrN2S2. The molecule has 0 amide bonds. The lowest BCUT2D eigenvalue weighted by atomic mass is 10.3. The van der Waals surface area contributed by atoms with E-state index >= 15 is 0 Å². The van der Waals surface area contributed by atoms with Gasteiger partial charge in [0, 0.05) is 10.9 Å². The number of hydrogen-bond acceptors (Lipinski definition) is 2. The standard InChI is InChI=1S/C6H4BrNS.C6H5NS/c1-8-4-5-2-3-9-6(5)7;1-7-4-6-2-3-8-5-6/h2-3H,4H2;2-3,5H,4H2. The van der Waals surface area contributed by atoms with E-state index in [4.69, 9.17) is 13.1 Å². The molecule has 0 unspecified atom stereocenters. The average molecular weight is 325 g/mol. The van der Waals surface area contributed by atoms with Crippen LogP contribution in [0.2, 0.25) is 0 Å². The third-order valence-electron chi connectivity index (χ3n) is 1.78. The molecule has 0 bridgehead atoms. The second-order valence-corrected chi connectivity index (χ2v) is 6.00. The zero-order chi connectivity index (χ0) is 12.5. The molecule has 0 atom stereocenters. The lowest BCUT2D eigenvalue weighted by Crippen LogP contribution is -1.70. The van der Waals surface area contributed by atoms with Crippen molar-refractivity contribution in [3.8, 4) is 0 Å². The lowest BCUT2D eigenvalue weighted by molar-refractivity contribution is 1.28. The van der Waals surface area contributed by atoms with Gasteiger partial charge in [-0.25, -0.2) is 13.1 Å². The smallest absolute Gasteiger partial charge is 0.241 e. The molecule has 2 aromatic heterocycles. The van der Waals surface area contributed by atoms with Crippen LogP contribution < -0.4 is 0 Å². The Hall–Kier alpha value is -1.14. The van der Waals surface area contributed by atoms with Crippen LogP contribution in [0.4, 0.5) is 0 Å². The zero-order valence-corrected chi connectivity index (χ0v) is 12.1. The fourth-order valence-electron chi connectivity index (χ4n) is 0.991. The number of hydrogen-bond donors (Lipinski definition) is 0. The first kappa shape index (κ1) is 13.9. The van der Waals surface area contributed by atoms with Gasteiger partial charge in [-0.15, -0.1) is 11.3 Å². The van der Waals surface area contributed by atoms with Crippen molar-refractivity contribution in [2.24, 2.45) is 0 Å². The van der Waals surface area contributed by atoms with Crippen LogP contribution in [-0.2, 0) is 13.1 Å². The molecule has 2 nitrogen and oxygen atoms in total.